The maximum atomic E-state index is 5.49. The number of nitrogens with zero attached hydrogens (tertiary/aromatic N) is 1. The van der Waals surface area contributed by atoms with Crippen molar-refractivity contribution >= 4 is 17.2 Å². The summed E-state index contributed by atoms with van der Waals surface area (Å²) in [5.74, 6) is 0.311. The third-order valence-electron chi connectivity index (χ3n) is 2.46. The van der Waals surface area contributed by atoms with Gasteiger partial charge in [0.2, 0.25) is 0 Å². The van der Waals surface area contributed by atoms with Crippen molar-refractivity contribution in [3.8, 4) is 0 Å². The van der Waals surface area contributed by atoms with Gasteiger partial charge in [-0.2, -0.15) is 0 Å². The van der Waals surface area contributed by atoms with E-state index in [2.05, 4.69) is 4.90 Å². The predicted octanol–water partition coefficient (Wildman–Crippen LogP) is 0.903. The largest absolute Gasteiger partial charge is 0.385 e. The van der Waals surface area contributed by atoms with Crippen LogP contribution in [0, 0.1) is 5.92 Å². The lowest BCUT2D eigenvalue weighted by atomic mass is 10.1. The van der Waals surface area contributed by atoms with Crippen LogP contribution in [0.15, 0.2) is 0 Å². The summed E-state index contributed by atoms with van der Waals surface area (Å²) >= 11 is 5.41. The van der Waals surface area contributed by atoms with Gasteiger partial charge in [-0.15, -0.1) is 0 Å². The van der Waals surface area contributed by atoms with Gasteiger partial charge in [0.05, 0.1) is 18.2 Å². The molecule has 88 valence electrons. The van der Waals surface area contributed by atoms with Crippen LogP contribution in [0.5, 0.6) is 0 Å². The van der Waals surface area contributed by atoms with E-state index in [1.807, 2.05) is 0 Å². The first-order valence-electron chi connectivity index (χ1n) is 5.14. The summed E-state index contributed by atoms with van der Waals surface area (Å²) in [6.45, 7) is 3.52. The summed E-state index contributed by atoms with van der Waals surface area (Å²) in [5.41, 5.74) is 0. The van der Waals surface area contributed by atoms with Crippen LogP contribution in [0.4, 0.5) is 0 Å². The van der Waals surface area contributed by atoms with Gasteiger partial charge in [0.1, 0.15) is 6.73 Å². The van der Waals surface area contributed by atoms with Gasteiger partial charge in [-0.05, 0) is 6.42 Å². The van der Waals surface area contributed by atoms with Crippen molar-refractivity contribution in [1.82, 2.24) is 4.90 Å². The molecule has 0 saturated carbocycles. The molecule has 1 heterocycles. The van der Waals surface area contributed by atoms with Gasteiger partial charge in [-0.1, -0.05) is 12.2 Å². The van der Waals surface area contributed by atoms with Crippen LogP contribution in [0.1, 0.15) is 6.42 Å². The number of methoxy groups -OCH3 is 2. The fourth-order valence-electron chi connectivity index (χ4n) is 1.54. The average Bonchev–Trinajstić information content (AvgIpc) is 2.26. The number of hydrogen-bond donors (Lipinski definition) is 0. The molecule has 0 aromatic heterocycles. The standard InChI is InChI=1S/C10H19NO3S/c1-12-5-3-9-7-14-8-11(10(9)15)4-6-13-2/h9H,3-8H2,1-2H3. The van der Waals surface area contributed by atoms with Crippen molar-refractivity contribution in [3.63, 3.8) is 0 Å². The molecule has 0 amide bonds. The van der Waals surface area contributed by atoms with E-state index < -0.39 is 0 Å². The summed E-state index contributed by atoms with van der Waals surface area (Å²) < 4.78 is 15.6. The zero-order valence-corrected chi connectivity index (χ0v) is 10.2. The van der Waals surface area contributed by atoms with Gasteiger partial charge in [0.15, 0.2) is 0 Å². The molecule has 1 fully saturated rings. The summed E-state index contributed by atoms with van der Waals surface area (Å²) in [5, 5.41) is 0. The SMILES string of the molecule is COCCC1COCN(CCOC)C1=S. The van der Waals surface area contributed by atoms with Crippen molar-refractivity contribution in [2.75, 3.05) is 47.3 Å². The molecule has 1 aliphatic heterocycles. The second-order valence-corrected chi connectivity index (χ2v) is 3.99. The van der Waals surface area contributed by atoms with Crippen LogP contribution in [0.2, 0.25) is 0 Å². The van der Waals surface area contributed by atoms with Crippen molar-refractivity contribution in [2.45, 2.75) is 6.42 Å². The highest BCUT2D eigenvalue weighted by Crippen LogP contribution is 2.16. The molecule has 1 unspecified atom stereocenters. The summed E-state index contributed by atoms with van der Waals surface area (Å²) in [7, 11) is 3.39. The van der Waals surface area contributed by atoms with Crippen molar-refractivity contribution in [2.24, 2.45) is 5.92 Å². The molecule has 0 radical (unpaired) electrons. The highest BCUT2D eigenvalue weighted by atomic mass is 32.1. The Morgan fingerprint density at radius 1 is 1.40 bits per heavy atom. The molecule has 5 heteroatoms. The Morgan fingerprint density at radius 2 is 2.13 bits per heavy atom. The Hall–Kier alpha value is -0.230. The van der Waals surface area contributed by atoms with Gasteiger partial charge in [-0.3, -0.25) is 0 Å². The van der Waals surface area contributed by atoms with Gasteiger partial charge in [-0.25, -0.2) is 0 Å². The fourth-order valence-corrected chi connectivity index (χ4v) is 1.87. The molecule has 15 heavy (non-hydrogen) atoms. The summed E-state index contributed by atoms with van der Waals surface area (Å²) in [4.78, 5) is 3.04. The zero-order valence-electron chi connectivity index (χ0n) is 9.40. The molecule has 0 N–H and O–H groups in total. The van der Waals surface area contributed by atoms with Gasteiger partial charge >= 0.3 is 0 Å². The van der Waals surface area contributed by atoms with E-state index in [0.717, 1.165) is 24.6 Å². The van der Waals surface area contributed by atoms with Crippen LogP contribution in [0.3, 0.4) is 0 Å². The van der Waals surface area contributed by atoms with Crippen LogP contribution in [-0.2, 0) is 14.2 Å². The molecule has 0 bridgehead atoms. The molecule has 1 rings (SSSR count). The van der Waals surface area contributed by atoms with E-state index in [9.17, 15) is 0 Å². The molecular formula is C10H19NO3S. The first-order chi connectivity index (χ1) is 7.29. The second kappa shape index (κ2) is 7.11. The molecule has 1 aliphatic rings. The van der Waals surface area contributed by atoms with Crippen LogP contribution < -0.4 is 0 Å². The molecule has 0 aromatic carbocycles. The van der Waals surface area contributed by atoms with E-state index in [-0.39, 0.29) is 0 Å². The Labute approximate surface area is 96.5 Å². The Morgan fingerprint density at radius 3 is 2.80 bits per heavy atom. The van der Waals surface area contributed by atoms with E-state index >= 15 is 0 Å². The smallest absolute Gasteiger partial charge is 0.119 e. The van der Waals surface area contributed by atoms with Crippen molar-refractivity contribution in [1.29, 1.82) is 0 Å². The highest BCUT2D eigenvalue weighted by Gasteiger charge is 2.24. The lowest BCUT2D eigenvalue weighted by Gasteiger charge is -2.34. The third kappa shape index (κ3) is 4.03. The molecule has 0 aromatic rings. The normalized spacial score (nSPS) is 22.1. The van der Waals surface area contributed by atoms with Gasteiger partial charge in [0, 0.05) is 33.3 Å². The quantitative estimate of drug-likeness (QED) is 0.636. The minimum atomic E-state index is 0.311. The minimum Gasteiger partial charge on any atom is -0.385 e. The maximum Gasteiger partial charge on any atom is 0.119 e. The number of ether oxygens (including phenoxy) is 3. The molecule has 4 nitrogen and oxygen atoms in total. The van der Waals surface area contributed by atoms with E-state index in [1.54, 1.807) is 14.2 Å². The van der Waals surface area contributed by atoms with E-state index in [0.29, 0.717) is 25.9 Å². The number of rotatable bonds is 6. The summed E-state index contributed by atoms with van der Waals surface area (Å²) in [6, 6.07) is 0. The lowest BCUT2D eigenvalue weighted by molar-refractivity contribution is 0.00982. The Bertz CT molecular complexity index is 183. The average molecular weight is 233 g/mol. The molecule has 1 saturated heterocycles. The topological polar surface area (TPSA) is 30.9 Å². The summed E-state index contributed by atoms with van der Waals surface area (Å²) in [6.07, 6.45) is 0.929. The zero-order chi connectivity index (χ0) is 11.1. The minimum absolute atomic E-state index is 0.311. The Kier molecular flexibility index (Phi) is 6.09. The van der Waals surface area contributed by atoms with Gasteiger partial charge in [0.25, 0.3) is 0 Å². The first kappa shape index (κ1) is 12.8. The third-order valence-corrected chi connectivity index (χ3v) is 3.05. The monoisotopic (exact) mass is 233 g/mol. The second-order valence-electron chi connectivity index (χ2n) is 3.57. The van der Waals surface area contributed by atoms with Crippen molar-refractivity contribution in [3.05, 3.63) is 0 Å². The Balaban J connectivity index is 2.36. The van der Waals surface area contributed by atoms with Crippen LogP contribution >= 0.6 is 12.2 Å². The maximum absolute atomic E-state index is 5.49. The van der Waals surface area contributed by atoms with E-state index in [1.165, 1.54) is 0 Å². The molecule has 0 aliphatic carbocycles. The lowest BCUT2D eigenvalue weighted by Crippen LogP contribution is -2.45. The number of thiocarbonyl (C=S) groups is 1. The van der Waals surface area contributed by atoms with Gasteiger partial charge < -0.3 is 19.1 Å². The van der Waals surface area contributed by atoms with E-state index in [4.69, 9.17) is 26.4 Å². The highest BCUT2D eigenvalue weighted by molar-refractivity contribution is 7.80. The van der Waals surface area contributed by atoms with Crippen molar-refractivity contribution < 1.29 is 14.2 Å². The first-order valence-corrected chi connectivity index (χ1v) is 5.54. The van der Waals surface area contributed by atoms with Crippen LogP contribution in [0.25, 0.3) is 0 Å². The van der Waals surface area contributed by atoms with Crippen LogP contribution in [-0.4, -0.2) is 57.2 Å². The molecular weight excluding hydrogens is 214 g/mol. The molecule has 1 atom stereocenters. The predicted molar refractivity (Wildman–Crippen MR) is 62.0 cm³/mol. The number of hydrogen-bond acceptors (Lipinski definition) is 4. The fraction of sp³-hybridized carbons (Fsp3) is 0.900. The molecule has 0 spiro atoms.